The normalized spacial score (nSPS) is 10.6. The van der Waals surface area contributed by atoms with Crippen LogP contribution in [0.2, 0.25) is 0 Å². The lowest BCUT2D eigenvalue weighted by Gasteiger charge is -1.97. The van der Waals surface area contributed by atoms with Crippen molar-refractivity contribution in [3.63, 3.8) is 0 Å². The van der Waals surface area contributed by atoms with Crippen LogP contribution in [0.5, 0.6) is 0 Å². The van der Waals surface area contributed by atoms with Gasteiger partial charge in [0.25, 0.3) is 5.24 Å². The van der Waals surface area contributed by atoms with Crippen molar-refractivity contribution < 1.29 is 9.21 Å². The second kappa shape index (κ2) is 5.50. The van der Waals surface area contributed by atoms with Gasteiger partial charge in [-0.15, -0.1) is 10.2 Å². The van der Waals surface area contributed by atoms with Gasteiger partial charge in [0.1, 0.15) is 0 Å². The van der Waals surface area contributed by atoms with E-state index in [4.69, 9.17) is 16.0 Å². The summed E-state index contributed by atoms with van der Waals surface area (Å²) in [6, 6.07) is 14.5. The highest BCUT2D eigenvalue weighted by Gasteiger charge is 2.11. The number of benzene rings is 2. The molecule has 3 aromatic rings. The van der Waals surface area contributed by atoms with E-state index in [0.29, 0.717) is 17.3 Å². The van der Waals surface area contributed by atoms with Gasteiger partial charge >= 0.3 is 0 Å². The molecule has 3 rings (SSSR count). The second-order valence-electron chi connectivity index (χ2n) is 4.63. The Labute approximate surface area is 126 Å². The Hall–Kier alpha value is -2.46. The quantitative estimate of drug-likeness (QED) is 0.683. The third-order valence-electron chi connectivity index (χ3n) is 3.08. The molecule has 0 radical (unpaired) electrons. The van der Waals surface area contributed by atoms with Crippen LogP contribution in [0, 0.1) is 6.92 Å². The number of halogens is 1. The molecule has 0 fully saturated rings. The number of rotatable bonds is 3. The van der Waals surface area contributed by atoms with Gasteiger partial charge in [-0.25, -0.2) is 0 Å². The number of aryl methyl sites for hydroxylation is 1. The molecule has 0 atom stereocenters. The molecule has 1 aromatic heterocycles. The van der Waals surface area contributed by atoms with Crippen LogP contribution in [0.4, 0.5) is 0 Å². The van der Waals surface area contributed by atoms with Gasteiger partial charge in [-0.1, -0.05) is 17.7 Å². The molecule has 0 spiro atoms. The van der Waals surface area contributed by atoms with Crippen molar-refractivity contribution in [1.82, 2.24) is 10.2 Å². The highest BCUT2D eigenvalue weighted by atomic mass is 35.5. The first kappa shape index (κ1) is 13.5. The van der Waals surface area contributed by atoms with E-state index < -0.39 is 5.24 Å². The van der Waals surface area contributed by atoms with E-state index in [0.717, 1.165) is 11.1 Å². The fourth-order valence-corrected chi connectivity index (χ4v) is 2.02. The smallest absolute Gasteiger partial charge is 0.252 e. The Morgan fingerprint density at radius 3 is 1.86 bits per heavy atom. The molecule has 0 bridgehead atoms. The van der Waals surface area contributed by atoms with Crippen molar-refractivity contribution in [2.24, 2.45) is 0 Å². The van der Waals surface area contributed by atoms with E-state index in [1.165, 1.54) is 5.56 Å². The maximum atomic E-state index is 11.0. The van der Waals surface area contributed by atoms with Crippen molar-refractivity contribution in [3.05, 3.63) is 59.7 Å². The summed E-state index contributed by atoms with van der Waals surface area (Å²) in [6.07, 6.45) is 0. The van der Waals surface area contributed by atoms with Gasteiger partial charge in [0.2, 0.25) is 11.8 Å². The number of carbonyl (C=O) groups is 1. The number of aromatic nitrogens is 2. The molecule has 0 saturated carbocycles. The Kier molecular flexibility index (Phi) is 3.54. The fraction of sp³-hybridized carbons (Fsp3) is 0.0625. The van der Waals surface area contributed by atoms with Crippen LogP contribution in [0.25, 0.3) is 22.9 Å². The summed E-state index contributed by atoms with van der Waals surface area (Å²) < 4.78 is 5.66. The molecule has 5 heteroatoms. The molecule has 0 saturated heterocycles. The third kappa shape index (κ3) is 2.85. The minimum Gasteiger partial charge on any atom is -0.416 e. The van der Waals surface area contributed by atoms with Gasteiger partial charge in [0, 0.05) is 16.7 Å². The number of hydrogen-bond acceptors (Lipinski definition) is 4. The molecule has 2 aromatic carbocycles. The zero-order valence-corrected chi connectivity index (χ0v) is 12.0. The predicted octanol–water partition coefficient (Wildman–Crippen LogP) is 4.09. The van der Waals surface area contributed by atoms with Gasteiger partial charge in [-0.05, 0) is 54.9 Å². The minimum atomic E-state index is -0.493. The number of nitrogens with zero attached hydrogens (tertiary/aromatic N) is 2. The zero-order valence-electron chi connectivity index (χ0n) is 11.2. The minimum absolute atomic E-state index is 0.402. The highest BCUT2D eigenvalue weighted by molar-refractivity contribution is 6.67. The summed E-state index contributed by atoms with van der Waals surface area (Å²) in [7, 11) is 0. The molecule has 0 amide bonds. The van der Waals surface area contributed by atoms with Crippen molar-refractivity contribution in [2.45, 2.75) is 6.92 Å². The van der Waals surface area contributed by atoms with Crippen LogP contribution in [0.1, 0.15) is 15.9 Å². The molecule has 0 aliphatic heterocycles. The number of carbonyl (C=O) groups excluding carboxylic acids is 1. The van der Waals surface area contributed by atoms with Gasteiger partial charge in [-0.2, -0.15) is 0 Å². The summed E-state index contributed by atoms with van der Waals surface area (Å²) >= 11 is 5.41. The summed E-state index contributed by atoms with van der Waals surface area (Å²) in [5, 5.41) is 7.57. The van der Waals surface area contributed by atoms with Crippen LogP contribution < -0.4 is 0 Å². The first-order valence-corrected chi connectivity index (χ1v) is 6.72. The van der Waals surface area contributed by atoms with Gasteiger partial charge in [0.05, 0.1) is 0 Å². The van der Waals surface area contributed by atoms with Crippen molar-refractivity contribution in [3.8, 4) is 22.9 Å². The van der Waals surface area contributed by atoms with Crippen LogP contribution in [0.15, 0.2) is 52.9 Å². The van der Waals surface area contributed by atoms with Crippen LogP contribution in [0.3, 0.4) is 0 Å². The molecule has 0 N–H and O–H groups in total. The Balaban J connectivity index is 1.90. The van der Waals surface area contributed by atoms with Crippen molar-refractivity contribution in [1.29, 1.82) is 0 Å². The lowest BCUT2D eigenvalue weighted by Crippen LogP contribution is -1.87. The van der Waals surface area contributed by atoms with Crippen LogP contribution in [-0.2, 0) is 0 Å². The second-order valence-corrected chi connectivity index (χ2v) is 4.97. The average Bonchev–Trinajstić information content (AvgIpc) is 2.98. The molecule has 0 aliphatic rings. The fourth-order valence-electron chi connectivity index (χ4n) is 1.90. The molecular formula is C16H11ClN2O2. The lowest BCUT2D eigenvalue weighted by molar-refractivity contribution is 0.108. The summed E-state index contributed by atoms with van der Waals surface area (Å²) in [6.45, 7) is 2.02. The van der Waals surface area contributed by atoms with E-state index in [2.05, 4.69) is 10.2 Å². The summed E-state index contributed by atoms with van der Waals surface area (Å²) in [5.41, 5.74) is 3.20. The Morgan fingerprint density at radius 1 is 0.905 bits per heavy atom. The SMILES string of the molecule is Cc1ccc(-c2nnc(-c3ccc(C(=O)Cl)cc3)o2)cc1. The van der Waals surface area contributed by atoms with E-state index >= 15 is 0 Å². The van der Waals surface area contributed by atoms with Crippen molar-refractivity contribution >= 4 is 16.8 Å². The van der Waals surface area contributed by atoms with E-state index in [-0.39, 0.29) is 0 Å². The molecule has 0 aliphatic carbocycles. The molecule has 1 heterocycles. The topological polar surface area (TPSA) is 56.0 Å². The van der Waals surface area contributed by atoms with E-state index in [1.807, 2.05) is 31.2 Å². The maximum absolute atomic E-state index is 11.0. The van der Waals surface area contributed by atoms with Gasteiger partial charge in [-0.3, -0.25) is 4.79 Å². The number of hydrogen-bond donors (Lipinski definition) is 0. The monoisotopic (exact) mass is 298 g/mol. The molecule has 104 valence electrons. The van der Waals surface area contributed by atoms with Gasteiger partial charge < -0.3 is 4.42 Å². The molecular weight excluding hydrogens is 288 g/mol. The van der Waals surface area contributed by atoms with Crippen LogP contribution >= 0.6 is 11.6 Å². The summed E-state index contributed by atoms with van der Waals surface area (Å²) in [4.78, 5) is 11.0. The summed E-state index contributed by atoms with van der Waals surface area (Å²) in [5.74, 6) is 0.863. The maximum Gasteiger partial charge on any atom is 0.252 e. The lowest BCUT2D eigenvalue weighted by atomic mass is 10.1. The highest BCUT2D eigenvalue weighted by Crippen LogP contribution is 2.24. The predicted molar refractivity (Wildman–Crippen MR) is 80.1 cm³/mol. The first-order valence-electron chi connectivity index (χ1n) is 6.34. The van der Waals surface area contributed by atoms with Gasteiger partial charge in [0.15, 0.2) is 0 Å². The Bertz CT molecular complexity index is 777. The molecule has 21 heavy (non-hydrogen) atoms. The Morgan fingerprint density at radius 2 is 1.38 bits per heavy atom. The zero-order chi connectivity index (χ0) is 14.8. The van der Waals surface area contributed by atoms with E-state index in [9.17, 15) is 4.79 Å². The molecule has 4 nitrogen and oxygen atoms in total. The van der Waals surface area contributed by atoms with E-state index in [1.54, 1.807) is 24.3 Å². The standard InChI is InChI=1S/C16H11ClN2O2/c1-10-2-4-12(5-3-10)15-18-19-16(21-15)13-8-6-11(7-9-13)14(17)20/h2-9H,1H3. The average molecular weight is 299 g/mol. The van der Waals surface area contributed by atoms with Crippen molar-refractivity contribution in [2.75, 3.05) is 0 Å². The third-order valence-corrected chi connectivity index (χ3v) is 3.30. The largest absolute Gasteiger partial charge is 0.416 e. The first-order chi connectivity index (χ1) is 10.1. The molecule has 0 unspecified atom stereocenters. The van der Waals surface area contributed by atoms with Crippen LogP contribution in [-0.4, -0.2) is 15.4 Å².